The molecule has 24 heavy (non-hydrogen) atoms. The fraction of sp³-hybridized carbons (Fsp3) is 0.950. The molecule has 0 aromatic heterocycles. The number of halogens is 1. The normalized spacial score (nSPS) is 13.2. The zero-order valence-electron chi connectivity index (χ0n) is 16.0. The van der Waals surface area contributed by atoms with Gasteiger partial charge in [-0.3, -0.25) is 9.65 Å². The van der Waals surface area contributed by atoms with E-state index in [-0.39, 0.29) is 0 Å². The van der Waals surface area contributed by atoms with E-state index in [9.17, 15) is 0 Å². The van der Waals surface area contributed by atoms with Crippen molar-refractivity contribution in [2.24, 2.45) is 4.99 Å². The summed E-state index contributed by atoms with van der Waals surface area (Å²) in [4.78, 5) is 4.44. The molecule has 0 atom stereocenters. The molecule has 0 radical (unpaired) electrons. The lowest BCUT2D eigenvalue weighted by atomic mass is 10.0. The van der Waals surface area contributed by atoms with Crippen molar-refractivity contribution in [1.82, 2.24) is 5.32 Å². The number of unbranched alkanes of at least 4 members (excludes halogenated alkanes) is 14. The van der Waals surface area contributed by atoms with Gasteiger partial charge >= 0.3 is 0 Å². The van der Waals surface area contributed by atoms with Crippen molar-refractivity contribution >= 4 is 17.7 Å². The van der Waals surface area contributed by atoms with E-state index in [2.05, 4.69) is 29.1 Å². The summed E-state index contributed by atoms with van der Waals surface area (Å²) in [6.07, 6.45) is 22.8. The summed E-state index contributed by atoms with van der Waals surface area (Å²) < 4.78 is 6.47. The molecule has 1 aliphatic heterocycles. The number of nitrogens with one attached hydrogen (secondary N) is 1. The fourth-order valence-corrected chi connectivity index (χ4v) is 3.28. The Bertz CT molecular complexity index is 272. The highest BCUT2D eigenvalue weighted by molar-refractivity contribution is 6.04. The average molecular weight is 361 g/mol. The molecule has 0 amide bonds. The van der Waals surface area contributed by atoms with Gasteiger partial charge in [0.05, 0.1) is 24.2 Å². The van der Waals surface area contributed by atoms with Gasteiger partial charge < -0.3 is 5.32 Å². The molecule has 0 aliphatic carbocycles. The molecule has 0 unspecified atom stereocenters. The van der Waals surface area contributed by atoms with Crippen molar-refractivity contribution in [1.29, 1.82) is 0 Å². The minimum atomic E-state index is 0.994. The molecule has 4 heteroatoms. The predicted octanol–water partition coefficient (Wildman–Crippen LogP) is 6.38. The lowest BCUT2D eigenvalue weighted by molar-refractivity contribution is 0.533. The molecule has 1 heterocycles. The Hall–Kier alpha value is -0.280. The van der Waals surface area contributed by atoms with Gasteiger partial charge in [0, 0.05) is 13.0 Å². The molecule has 0 saturated heterocycles. The maximum atomic E-state index is 6.47. The van der Waals surface area contributed by atoms with Gasteiger partial charge in [-0.2, -0.15) is 0 Å². The molecule has 0 aromatic rings. The van der Waals surface area contributed by atoms with E-state index < -0.39 is 0 Å². The van der Waals surface area contributed by atoms with E-state index in [0.717, 1.165) is 13.1 Å². The van der Waals surface area contributed by atoms with Crippen LogP contribution in [0.5, 0.6) is 0 Å². The van der Waals surface area contributed by atoms with Gasteiger partial charge in [0.1, 0.15) is 0 Å². The van der Waals surface area contributed by atoms with Gasteiger partial charge in [-0.25, -0.2) is 0 Å². The van der Waals surface area contributed by atoms with Crippen LogP contribution in [0.1, 0.15) is 110 Å². The molecule has 0 aromatic carbocycles. The molecule has 3 nitrogen and oxygen atoms in total. The lowest BCUT2D eigenvalue weighted by Gasteiger charge is -2.04. The fourth-order valence-electron chi connectivity index (χ4n) is 3.28. The van der Waals surface area contributed by atoms with E-state index in [4.69, 9.17) is 4.66 Å². The molecule has 1 aliphatic rings. The third kappa shape index (κ3) is 16.6. The summed E-state index contributed by atoms with van der Waals surface area (Å²) in [6, 6.07) is 0. The van der Waals surface area contributed by atoms with E-state index in [1.54, 1.807) is 0 Å². The van der Waals surface area contributed by atoms with Crippen LogP contribution in [0, 0.1) is 0 Å². The number of hydrogen-bond acceptors (Lipinski definition) is 3. The number of aliphatic imine (C=N–C) groups is 1. The SMILES string of the molecule is CCCCCCCCCCCCCCCCCC1=NCCN1.OCl. The Morgan fingerprint density at radius 1 is 0.750 bits per heavy atom. The Labute approximate surface area is 155 Å². The second kappa shape index (κ2) is 20.8. The van der Waals surface area contributed by atoms with Crippen molar-refractivity contribution in [3.8, 4) is 0 Å². The number of nitrogens with zero attached hydrogens (tertiary/aromatic N) is 1. The summed E-state index contributed by atoms with van der Waals surface area (Å²) in [7, 11) is 0. The van der Waals surface area contributed by atoms with Crippen molar-refractivity contribution in [3.05, 3.63) is 0 Å². The summed E-state index contributed by atoms with van der Waals surface area (Å²) in [6.45, 7) is 4.35. The monoisotopic (exact) mass is 360 g/mol. The van der Waals surface area contributed by atoms with Crippen molar-refractivity contribution < 1.29 is 4.66 Å². The Kier molecular flexibility index (Phi) is 20.5. The van der Waals surface area contributed by atoms with Gasteiger partial charge in [-0.1, -0.05) is 96.8 Å². The highest BCUT2D eigenvalue weighted by atomic mass is 35.5. The third-order valence-corrected chi connectivity index (χ3v) is 4.76. The zero-order valence-corrected chi connectivity index (χ0v) is 16.8. The largest absolute Gasteiger partial charge is 0.372 e. The van der Waals surface area contributed by atoms with E-state index >= 15 is 0 Å². The first-order valence-electron chi connectivity index (χ1n) is 10.4. The molecule has 0 fully saturated rings. The lowest BCUT2D eigenvalue weighted by Crippen LogP contribution is -2.17. The maximum absolute atomic E-state index is 6.47. The molecule has 0 saturated carbocycles. The first kappa shape index (κ1) is 23.7. The van der Waals surface area contributed by atoms with Crippen LogP contribution in [0.25, 0.3) is 0 Å². The predicted molar refractivity (Wildman–Crippen MR) is 108 cm³/mol. The number of hydrogen-bond donors (Lipinski definition) is 2. The second-order valence-electron chi connectivity index (χ2n) is 6.95. The highest BCUT2D eigenvalue weighted by Crippen LogP contribution is 2.13. The van der Waals surface area contributed by atoms with Crippen LogP contribution >= 0.6 is 11.9 Å². The first-order chi connectivity index (χ1) is 11.9. The summed E-state index contributed by atoms with van der Waals surface area (Å²) >= 11 is 3.64. The third-order valence-electron chi connectivity index (χ3n) is 4.76. The molecule has 144 valence electrons. The van der Waals surface area contributed by atoms with Gasteiger partial charge in [0.15, 0.2) is 0 Å². The molecule has 1 rings (SSSR count). The van der Waals surface area contributed by atoms with Crippen LogP contribution in [-0.2, 0) is 0 Å². The van der Waals surface area contributed by atoms with Crippen LogP contribution in [-0.4, -0.2) is 23.6 Å². The summed E-state index contributed by atoms with van der Waals surface area (Å²) in [5, 5.41) is 3.36. The van der Waals surface area contributed by atoms with Crippen molar-refractivity contribution in [2.75, 3.05) is 13.1 Å². The second-order valence-corrected chi connectivity index (χ2v) is 6.95. The van der Waals surface area contributed by atoms with Gasteiger partial charge in [-0.05, 0) is 6.42 Å². The summed E-state index contributed by atoms with van der Waals surface area (Å²) in [5.41, 5.74) is 0. The maximum Gasteiger partial charge on any atom is 0.0964 e. The van der Waals surface area contributed by atoms with Gasteiger partial charge in [0.2, 0.25) is 0 Å². The molecular weight excluding hydrogens is 320 g/mol. The summed E-state index contributed by atoms with van der Waals surface area (Å²) in [5.74, 6) is 1.26. The average Bonchev–Trinajstić information content (AvgIpc) is 3.13. The zero-order chi connectivity index (χ0) is 17.7. The first-order valence-corrected chi connectivity index (χ1v) is 10.7. The van der Waals surface area contributed by atoms with E-state index in [0.29, 0.717) is 0 Å². The standard InChI is InChI=1S/C20H40N2.ClHO/c1-2-3-4-5-6-7-8-9-10-11-12-13-14-15-16-17-20-21-18-19-22-20;1-2/h2-19H2,1H3,(H,21,22);2H. The number of amidine groups is 1. The topological polar surface area (TPSA) is 44.6 Å². The van der Waals surface area contributed by atoms with Crippen molar-refractivity contribution in [3.63, 3.8) is 0 Å². The van der Waals surface area contributed by atoms with Crippen LogP contribution in [0.3, 0.4) is 0 Å². The Morgan fingerprint density at radius 3 is 1.54 bits per heavy atom. The molecule has 2 N–H and O–H groups in total. The van der Waals surface area contributed by atoms with Crippen LogP contribution in [0.4, 0.5) is 0 Å². The van der Waals surface area contributed by atoms with E-state index in [1.807, 2.05) is 0 Å². The Morgan fingerprint density at radius 2 is 1.17 bits per heavy atom. The highest BCUT2D eigenvalue weighted by Gasteiger charge is 2.03. The minimum Gasteiger partial charge on any atom is -0.372 e. The van der Waals surface area contributed by atoms with Crippen molar-refractivity contribution in [2.45, 2.75) is 110 Å². The Balaban J connectivity index is 0.00000254. The van der Waals surface area contributed by atoms with Gasteiger partial charge in [-0.15, -0.1) is 0 Å². The van der Waals surface area contributed by atoms with E-state index in [1.165, 1.54) is 109 Å². The quantitative estimate of drug-likeness (QED) is 0.313. The minimum absolute atomic E-state index is 0.994. The number of rotatable bonds is 16. The van der Waals surface area contributed by atoms with Crippen LogP contribution < -0.4 is 5.32 Å². The molecule has 0 spiro atoms. The molecule has 0 bridgehead atoms. The van der Waals surface area contributed by atoms with Gasteiger partial charge in [0.25, 0.3) is 0 Å². The van der Waals surface area contributed by atoms with Crippen LogP contribution in [0.15, 0.2) is 4.99 Å². The van der Waals surface area contributed by atoms with Crippen LogP contribution in [0.2, 0.25) is 0 Å². The smallest absolute Gasteiger partial charge is 0.0964 e. The molecular formula is C20H41ClN2O.